The highest BCUT2D eigenvalue weighted by Gasteiger charge is 2.07. The SMILES string of the molecule is CCCCCCCCCCCCCC(=O)NNC(=O)c1ccc(O)cc1. The normalized spacial score (nSPS) is 10.5. The summed E-state index contributed by atoms with van der Waals surface area (Å²) >= 11 is 0. The second-order valence-electron chi connectivity index (χ2n) is 6.83. The number of carbonyl (C=O) groups is 2. The highest BCUT2D eigenvalue weighted by atomic mass is 16.3. The fourth-order valence-electron chi connectivity index (χ4n) is 2.82. The topological polar surface area (TPSA) is 78.4 Å². The van der Waals surface area contributed by atoms with Gasteiger partial charge in [-0.1, -0.05) is 71.1 Å². The van der Waals surface area contributed by atoms with Crippen molar-refractivity contribution >= 4 is 11.8 Å². The Hall–Kier alpha value is -2.04. The minimum Gasteiger partial charge on any atom is -0.508 e. The van der Waals surface area contributed by atoms with Gasteiger partial charge in [-0.25, -0.2) is 0 Å². The molecule has 0 radical (unpaired) electrons. The molecule has 3 N–H and O–H groups in total. The zero-order valence-electron chi connectivity index (χ0n) is 16.1. The second kappa shape index (κ2) is 14.2. The Kier molecular flexibility index (Phi) is 12.0. The van der Waals surface area contributed by atoms with E-state index in [0.29, 0.717) is 12.0 Å². The van der Waals surface area contributed by atoms with E-state index >= 15 is 0 Å². The second-order valence-corrected chi connectivity index (χ2v) is 6.83. The van der Waals surface area contributed by atoms with Crippen LogP contribution in [0.3, 0.4) is 0 Å². The molecule has 0 fully saturated rings. The van der Waals surface area contributed by atoms with E-state index in [1.54, 1.807) is 0 Å². The summed E-state index contributed by atoms with van der Waals surface area (Å²) in [4.78, 5) is 23.5. The van der Waals surface area contributed by atoms with Gasteiger partial charge in [-0.05, 0) is 30.7 Å². The van der Waals surface area contributed by atoms with Gasteiger partial charge in [0, 0.05) is 12.0 Å². The summed E-state index contributed by atoms with van der Waals surface area (Å²) in [6.07, 6.45) is 14.1. The lowest BCUT2D eigenvalue weighted by molar-refractivity contribution is -0.122. The molecule has 0 saturated carbocycles. The average molecular weight is 363 g/mol. The summed E-state index contributed by atoms with van der Waals surface area (Å²) in [5.74, 6) is -0.465. The lowest BCUT2D eigenvalue weighted by Gasteiger charge is -2.07. The van der Waals surface area contributed by atoms with E-state index < -0.39 is 5.91 Å². The van der Waals surface area contributed by atoms with Gasteiger partial charge in [-0.2, -0.15) is 0 Å². The minimum atomic E-state index is -0.391. The number of phenols is 1. The van der Waals surface area contributed by atoms with Crippen LogP contribution < -0.4 is 10.9 Å². The number of carbonyl (C=O) groups excluding carboxylic acids is 2. The molecule has 1 aromatic rings. The molecular weight excluding hydrogens is 328 g/mol. The largest absolute Gasteiger partial charge is 0.508 e. The molecular formula is C21H34N2O3. The first-order valence-corrected chi connectivity index (χ1v) is 10.0. The summed E-state index contributed by atoms with van der Waals surface area (Å²) in [5.41, 5.74) is 5.20. The number of benzene rings is 1. The molecule has 2 amide bonds. The fourth-order valence-corrected chi connectivity index (χ4v) is 2.82. The van der Waals surface area contributed by atoms with Gasteiger partial charge in [0.05, 0.1) is 0 Å². The van der Waals surface area contributed by atoms with Crippen molar-refractivity contribution < 1.29 is 14.7 Å². The third-order valence-corrected chi connectivity index (χ3v) is 4.45. The monoisotopic (exact) mass is 362 g/mol. The zero-order valence-corrected chi connectivity index (χ0v) is 16.1. The number of rotatable bonds is 13. The molecule has 0 atom stereocenters. The molecule has 5 nitrogen and oxygen atoms in total. The molecule has 0 spiro atoms. The van der Waals surface area contributed by atoms with Crippen LogP contribution in [0.5, 0.6) is 5.75 Å². The molecule has 146 valence electrons. The number of nitrogens with one attached hydrogen (secondary N) is 2. The van der Waals surface area contributed by atoms with Gasteiger partial charge in [-0.15, -0.1) is 0 Å². The van der Waals surface area contributed by atoms with Crippen molar-refractivity contribution in [2.45, 2.75) is 84.0 Å². The number of unbranched alkanes of at least 4 members (excludes halogenated alkanes) is 10. The molecule has 0 aromatic heterocycles. The van der Waals surface area contributed by atoms with E-state index in [-0.39, 0.29) is 11.7 Å². The molecule has 0 saturated heterocycles. The smallest absolute Gasteiger partial charge is 0.269 e. The summed E-state index contributed by atoms with van der Waals surface area (Å²) in [6.45, 7) is 2.24. The van der Waals surface area contributed by atoms with Gasteiger partial charge < -0.3 is 5.11 Å². The molecule has 0 aliphatic carbocycles. The number of hydrogen-bond acceptors (Lipinski definition) is 3. The van der Waals surface area contributed by atoms with Crippen LogP contribution in [0, 0.1) is 0 Å². The van der Waals surface area contributed by atoms with E-state index in [2.05, 4.69) is 17.8 Å². The van der Waals surface area contributed by atoms with Crippen LogP contribution in [0.2, 0.25) is 0 Å². The molecule has 26 heavy (non-hydrogen) atoms. The quantitative estimate of drug-likeness (QED) is 0.346. The molecule has 0 aliphatic heterocycles. The van der Waals surface area contributed by atoms with Gasteiger partial charge in [0.1, 0.15) is 5.75 Å². The van der Waals surface area contributed by atoms with Crippen molar-refractivity contribution in [1.82, 2.24) is 10.9 Å². The molecule has 5 heteroatoms. The molecule has 0 heterocycles. The summed E-state index contributed by atoms with van der Waals surface area (Å²) < 4.78 is 0. The predicted octanol–water partition coefficient (Wildman–Crippen LogP) is 4.85. The van der Waals surface area contributed by atoms with Crippen LogP contribution in [0.25, 0.3) is 0 Å². The Balaban J connectivity index is 1.95. The molecule has 1 aromatic carbocycles. The van der Waals surface area contributed by atoms with E-state index in [1.807, 2.05) is 0 Å². The Morgan fingerprint density at radius 1 is 0.769 bits per heavy atom. The first-order chi connectivity index (χ1) is 12.6. The van der Waals surface area contributed by atoms with Crippen LogP contribution in [-0.4, -0.2) is 16.9 Å². The lowest BCUT2D eigenvalue weighted by Crippen LogP contribution is -2.41. The fraction of sp³-hybridized carbons (Fsp3) is 0.619. The molecule has 1 rings (SSSR count). The van der Waals surface area contributed by atoms with E-state index in [4.69, 9.17) is 0 Å². The van der Waals surface area contributed by atoms with Crippen LogP contribution in [-0.2, 0) is 4.79 Å². The lowest BCUT2D eigenvalue weighted by atomic mass is 10.1. The van der Waals surface area contributed by atoms with Crippen LogP contribution in [0.15, 0.2) is 24.3 Å². The van der Waals surface area contributed by atoms with E-state index in [1.165, 1.54) is 82.1 Å². The minimum absolute atomic E-state index is 0.0991. The first kappa shape index (κ1) is 22.0. The molecule has 0 unspecified atom stereocenters. The van der Waals surface area contributed by atoms with Gasteiger partial charge >= 0.3 is 0 Å². The Morgan fingerprint density at radius 3 is 1.81 bits per heavy atom. The maximum absolute atomic E-state index is 11.8. The standard InChI is InChI=1S/C21H34N2O3/c1-2-3-4-5-6-7-8-9-10-11-12-13-20(25)22-23-21(26)18-14-16-19(24)17-15-18/h14-17,24H,2-13H2,1H3,(H,22,25)(H,23,26). The van der Waals surface area contributed by atoms with E-state index in [0.717, 1.165) is 12.8 Å². The maximum atomic E-state index is 11.8. The Morgan fingerprint density at radius 2 is 1.27 bits per heavy atom. The van der Waals surface area contributed by atoms with Crippen molar-refractivity contribution in [3.05, 3.63) is 29.8 Å². The third-order valence-electron chi connectivity index (χ3n) is 4.45. The molecule has 0 aliphatic rings. The third kappa shape index (κ3) is 10.7. The van der Waals surface area contributed by atoms with Crippen LogP contribution >= 0.6 is 0 Å². The average Bonchev–Trinajstić information content (AvgIpc) is 2.64. The summed E-state index contributed by atoms with van der Waals surface area (Å²) in [7, 11) is 0. The number of aromatic hydroxyl groups is 1. The number of hydrazine groups is 1. The van der Waals surface area contributed by atoms with Crippen molar-refractivity contribution in [1.29, 1.82) is 0 Å². The highest BCUT2D eigenvalue weighted by molar-refractivity contribution is 5.95. The van der Waals surface area contributed by atoms with Gasteiger partial charge in [0.15, 0.2) is 0 Å². The summed E-state index contributed by atoms with van der Waals surface area (Å²) in [5, 5.41) is 9.19. The van der Waals surface area contributed by atoms with Crippen LogP contribution in [0.4, 0.5) is 0 Å². The Labute approximate surface area is 157 Å². The van der Waals surface area contributed by atoms with Crippen LogP contribution in [0.1, 0.15) is 94.3 Å². The van der Waals surface area contributed by atoms with Gasteiger partial charge in [0.25, 0.3) is 5.91 Å². The van der Waals surface area contributed by atoms with Crippen molar-refractivity contribution in [2.75, 3.05) is 0 Å². The summed E-state index contributed by atoms with van der Waals surface area (Å²) in [6, 6.07) is 5.87. The number of phenolic OH excluding ortho intramolecular Hbond substituents is 1. The van der Waals surface area contributed by atoms with E-state index in [9.17, 15) is 14.7 Å². The predicted molar refractivity (Wildman–Crippen MR) is 105 cm³/mol. The maximum Gasteiger partial charge on any atom is 0.269 e. The van der Waals surface area contributed by atoms with Crippen molar-refractivity contribution in [3.8, 4) is 5.75 Å². The Bertz CT molecular complexity index is 514. The number of hydrogen-bond donors (Lipinski definition) is 3. The highest BCUT2D eigenvalue weighted by Crippen LogP contribution is 2.12. The van der Waals surface area contributed by atoms with Crippen molar-refractivity contribution in [2.24, 2.45) is 0 Å². The first-order valence-electron chi connectivity index (χ1n) is 10.0. The van der Waals surface area contributed by atoms with Gasteiger partial charge in [-0.3, -0.25) is 20.4 Å². The van der Waals surface area contributed by atoms with Gasteiger partial charge in [0.2, 0.25) is 5.91 Å². The zero-order chi connectivity index (χ0) is 19.0. The number of amides is 2. The van der Waals surface area contributed by atoms with Crippen molar-refractivity contribution in [3.63, 3.8) is 0 Å². The molecule has 0 bridgehead atoms.